The summed E-state index contributed by atoms with van der Waals surface area (Å²) < 4.78 is 5.45. The monoisotopic (exact) mass is 357 g/mol. The van der Waals surface area contributed by atoms with Crippen LogP contribution in [0.1, 0.15) is 31.2 Å². The Bertz CT molecular complexity index is 585. The highest BCUT2D eigenvalue weighted by molar-refractivity contribution is 5.67. The molecule has 0 bridgehead atoms. The summed E-state index contributed by atoms with van der Waals surface area (Å²) in [7, 11) is 0. The largest absolute Gasteiger partial charge is 0.445 e. The van der Waals surface area contributed by atoms with Gasteiger partial charge in [0.1, 0.15) is 6.61 Å². The highest BCUT2D eigenvalue weighted by atomic mass is 16.6. The van der Waals surface area contributed by atoms with Crippen LogP contribution in [0.4, 0.5) is 4.79 Å². The Kier molecular flexibility index (Phi) is 5.46. The van der Waals surface area contributed by atoms with Crippen LogP contribution in [-0.2, 0) is 11.3 Å². The van der Waals surface area contributed by atoms with Gasteiger partial charge in [-0.2, -0.15) is 0 Å². The quantitative estimate of drug-likeness (QED) is 0.900. The lowest BCUT2D eigenvalue weighted by molar-refractivity contribution is -0.00590. The predicted octanol–water partition coefficient (Wildman–Crippen LogP) is 2.72. The van der Waals surface area contributed by atoms with Gasteiger partial charge in [0.05, 0.1) is 0 Å². The molecular formula is C21H31N3O2. The summed E-state index contributed by atoms with van der Waals surface area (Å²) in [5.74, 6) is 0.865. The molecule has 1 saturated carbocycles. The highest BCUT2D eigenvalue weighted by Gasteiger charge is 2.44. The Balaban J connectivity index is 1.15. The Morgan fingerprint density at radius 2 is 1.77 bits per heavy atom. The van der Waals surface area contributed by atoms with Gasteiger partial charge in [0.2, 0.25) is 0 Å². The summed E-state index contributed by atoms with van der Waals surface area (Å²) in [6.45, 7) is 7.51. The van der Waals surface area contributed by atoms with E-state index in [0.29, 0.717) is 12.0 Å². The molecule has 5 heteroatoms. The number of ether oxygens (including phenoxy) is 1. The average molecular weight is 357 g/mol. The van der Waals surface area contributed by atoms with Crippen LogP contribution in [0.15, 0.2) is 30.3 Å². The lowest BCUT2D eigenvalue weighted by Gasteiger charge is -2.52. The fraction of sp³-hybridized carbons (Fsp3) is 0.667. The van der Waals surface area contributed by atoms with Crippen LogP contribution in [-0.4, -0.2) is 61.7 Å². The lowest BCUT2D eigenvalue weighted by Crippen LogP contribution is -2.53. The van der Waals surface area contributed by atoms with E-state index in [1.165, 1.54) is 45.3 Å². The van der Waals surface area contributed by atoms with Gasteiger partial charge in [-0.05, 0) is 55.7 Å². The predicted molar refractivity (Wildman–Crippen MR) is 102 cm³/mol. The number of nitrogens with one attached hydrogen (secondary N) is 1. The molecule has 0 unspecified atom stereocenters. The van der Waals surface area contributed by atoms with E-state index in [0.717, 1.165) is 37.7 Å². The van der Waals surface area contributed by atoms with Crippen molar-refractivity contribution in [3.05, 3.63) is 35.9 Å². The van der Waals surface area contributed by atoms with Gasteiger partial charge in [-0.15, -0.1) is 0 Å². The molecule has 1 spiro atoms. The Morgan fingerprint density at radius 3 is 2.46 bits per heavy atom. The topological polar surface area (TPSA) is 44.8 Å². The number of hydrogen-bond donors (Lipinski definition) is 1. The van der Waals surface area contributed by atoms with Crippen LogP contribution in [0, 0.1) is 11.3 Å². The zero-order valence-electron chi connectivity index (χ0n) is 15.7. The Morgan fingerprint density at radius 1 is 1.08 bits per heavy atom. The van der Waals surface area contributed by atoms with Gasteiger partial charge in [-0.1, -0.05) is 30.3 Å². The fourth-order valence-electron chi connectivity index (χ4n) is 4.95. The first-order valence-electron chi connectivity index (χ1n) is 10.1. The lowest BCUT2D eigenvalue weighted by atomic mass is 9.57. The molecule has 2 heterocycles. The molecule has 1 aromatic carbocycles. The molecule has 4 rings (SSSR count). The van der Waals surface area contributed by atoms with Crippen molar-refractivity contribution < 1.29 is 9.53 Å². The maximum atomic E-state index is 12.2. The van der Waals surface area contributed by atoms with E-state index in [2.05, 4.69) is 10.2 Å². The summed E-state index contributed by atoms with van der Waals surface area (Å²) in [6, 6.07) is 9.88. The maximum Gasteiger partial charge on any atom is 0.410 e. The number of hydrogen-bond acceptors (Lipinski definition) is 4. The zero-order valence-corrected chi connectivity index (χ0v) is 15.7. The minimum Gasteiger partial charge on any atom is -0.445 e. The highest BCUT2D eigenvalue weighted by Crippen LogP contribution is 2.51. The van der Waals surface area contributed by atoms with Gasteiger partial charge in [-0.25, -0.2) is 4.79 Å². The second-order valence-electron chi connectivity index (χ2n) is 8.35. The minimum absolute atomic E-state index is 0.175. The fourth-order valence-corrected chi connectivity index (χ4v) is 4.95. The van der Waals surface area contributed by atoms with Gasteiger partial charge in [-0.3, -0.25) is 4.90 Å². The first-order chi connectivity index (χ1) is 12.7. The molecule has 5 nitrogen and oxygen atoms in total. The van der Waals surface area contributed by atoms with Crippen LogP contribution in [0.2, 0.25) is 0 Å². The van der Waals surface area contributed by atoms with Gasteiger partial charge >= 0.3 is 6.09 Å². The van der Waals surface area contributed by atoms with Crippen molar-refractivity contribution >= 4 is 6.09 Å². The van der Waals surface area contributed by atoms with Crippen molar-refractivity contribution in [3.63, 3.8) is 0 Å². The van der Waals surface area contributed by atoms with E-state index in [-0.39, 0.29) is 6.09 Å². The number of piperazine rings is 1. The van der Waals surface area contributed by atoms with Gasteiger partial charge in [0.15, 0.2) is 0 Å². The van der Waals surface area contributed by atoms with Gasteiger partial charge in [0.25, 0.3) is 0 Å². The molecule has 2 saturated heterocycles. The molecule has 1 N–H and O–H groups in total. The second-order valence-corrected chi connectivity index (χ2v) is 8.35. The smallest absolute Gasteiger partial charge is 0.410 e. The number of benzene rings is 1. The van der Waals surface area contributed by atoms with E-state index in [4.69, 9.17) is 4.74 Å². The first kappa shape index (κ1) is 17.8. The summed E-state index contributed by atoms with van der Waals surface area (Å²) in [4.78, 5) is 16.6. The van der Waals surface area contributed by atoms with Crippen molar-refractivity contribution in [1.29, 1.82) is 0 Å². The summed E-state index contributed by atoms with van der Waals surface area (Å²) in [5.41, 5.74) is 1.70. The van der Waals surface area contributed by atoms with Crippen molar-refractivity contribution in [2.24, 2.45) is 11.3 Å². The molecule has 0 atom stereocenters. The minimum atomic E-state index is -0.175. The number of carbonyl (C=O) groups is 1. The van der Waals surface area contributed by atoms with Crippen LogP contribution < -0.4 is 5.32 Å². The number of rotatable bonds is 4. The van der Waals surface area contributed by atoms with E-state index in [1.807, 2.05) is 35.2 Å². The number of carbonyl (C=O) groups excluding carboxylic acids is 1. The third-order valence-electron chi connectivity index (χ3n) is 6.46. The van der Waals surface area contributed by atoms with Crippen LogP contribution >= 0.6 is 0 Å². The van der Waals surface area contributed by atoms with Crippen LogP contribution in [0.25, 0.3) is 0 Å². The van der Waals surface area contributed by atoms with Crippen molar-refractivity contribution in [2.45, 2.75) is 32.3 Å². The molecule has 3 aliphatic rings. The van der Waals surface area contributed by atoms with E-state index >= 15 is 0 Å². The van der Waals surface area contributed by atoms with E-state index in [9.17, 15) is 4.79 Å². The standard InChI is InChI=1S/C21H31N3O2/c25-20(26-17-18-4-2-1-3-5-18)24-12-10-23(11-13-24)16-19-14-21(15-19)6-8-22-9-7-21/h1-5,19,22H,6-17H2. The third kappa shape index (κ3) is 4.21. The maximum absolute atomic E-state index is 12.2. The Labute approximate surface area is 156 Å². The van der Waals surface area contributed by atoms with Gasteiger partial charge in [0, 0.05) is 32.7 Å². The second kappa shape index (κ2) is 7.97. The van der Waals surface area contributed by atoms with Crippen molar-refractivity contribution in [2.75, 3.05) is 45.8 Å². The summed E-state index contributed by atoms with van der Waals surface area (Å²) >= 11 is 0. The molecule has 3 fully saturated rings. The van der Waals surface area contributed by atoms with Crippen LogP contribution in [0.3, 0.4) is 0 Å². The van der Waals surface area contributed by atoms with E-state index < -0.39 is 0 Å². The molecule has 142 valence electrons. The molecule has 1 aliphatic carbocycles. The SMILES string of the molecule is O=C(OCc1ccccc1)N1CCN(CC2CC3(CCNCC3)C2)CC1. The third-order valence-corrected chi connectivity index (χ3v) is 6.46. The van der Waals surface area contributed by atoms with Gasteiger partial charge < -0.3 is 15.0 Å². The van der Waals surface area contributed by atoms with E-state index in [1.54, 1.807) is 0 Å². The van der Waals surface area contributed by atoms with Crippen LogP contribution in [0.5, 0.6) is 0 Å². The van der Waals surface area contributed by atoms with Crippen molar-refractivity contribution in [1.82, 2.24) is 15.1 Å². The average Bonchev–Trinajstić information content (AvgIpc) is 2.67. The molecule has 2 aliphatic heterocycles. The molecule has 1 aromatic rings. The first-order valence-corrected chi connectivity index (χ1v) is 10.1. The number of piperidine rings is 1. The normalized spacial score (nSPS) is 23.6. The molecule has 0 radical (unpaired) electrons. The molecular weight excluding hydrogens is 326 g/mol. The Hall–Kier alpha value is -1.59. The molecule has 0 aromatic heterocycles. The summed E-state index contributed by atoms with van der Waals surface area (Å²) in [5, 5.41) is 3.48. The molecule has 1 amide bonds. The van der Waals surface area contributed by atoms with Crippen molar-refractivity contribution in [3.8, 4) is 0 Å². The number of nitrogens with zero attached hydrogens (tertiary/aromatic N) is 2. The summed E-state index contributed by atoms with van der Waals surface area (Å²) in [6.07, 6.45) is 5.38. The molecule has 26 heavy (non-hydrogen) atoms. The zero-order chi connectivity index (χ0) is 17.8. The number of amides is 1.